The highest BCUT2D eigenvalue weighted by atomic mass is 16.5. The molecular weight excluding hydrogens is 248 g/mol. The number of aliphatic carboxylic acids is 1. The number of likely N-dealkylation sites (N-methyl/N-ethyl adjacent to an activating group) is 1. The summed E-state index contributed by atoms with van der Waals surface area (Å²) in [4.78, 5) is 26.4. The number of carboxylic acids is 1. The molecule has 2 amide bonds. The van der Waals surface area contributed by atoms with Gasteiger partial charge >= 0.3 is 12.0 Å². The third kappa shape index (κ3) is 5.06. The average molecular weight is 274 g/mol. The molecule has 0 saturated carbocycles. The Labute approximate surface area is 115 Å². The molecule has 112 valence electrons. The van der Waals surface area contributed by atoms with Crippen LogP contribution in [0.5, 0.6) is 0 Å². The molecule has 0 bridgehead atoms. The van der Waals surface area contributed by atoms with Crippen molar-refractivity contribution in [3.8, 4) is 0 Å². The van der Waals surface area contributed by atoms with Crippen LogP contribution in [0.2, 0.25) is 0 Å². The van der Waals surface area contributed by atoms with Crippen molar-refractivity contribution in [2.75, 3.05) is 33.9 Å². The SMILES string of the molecule is COCCN(CC(C)C)C(=O)N(C)C(C)(C)C(=O)O. The first kappa shape index (κ1) is 17.7. The van der Waals surface area contributed by atoms with Crippen LogP contribution in [0.4, 0.5) is 4.79 Å². The lowest BCUT2D eigenvalue weighted by molar-refractivity contribution is -0.147. The Morgan fingerprint density at radius 1 is 1.32 bits per heavy atom. The molecule has 0 aliphatic carbocycles. The Bertz CT molecular complexity index is 316. The second-order valence-corrected chi connectivity index (χ2v) is 5.54. The molecule has 0 radical (unpaired) electrons. The summed E-state index contributed by atoms with van der Waals surface area (Å²) >= 11 is 0. The summed E-state index contributed by atoms with van der Waals surface area (Å²) in [5.41, 5.74) is -1.24. The van der Waals surface area contributed by atoms with Gasteiger partial charge in [0.2, 0.25) is 0 Å². The lowest BCUT2D eigenvalue weighted by atomic mass is 10.0. The van der Waals surface area contributed by atoms with Gasteiger partial charge < -0.3 is 19.6 Å². The summed E-state index contributed by atoms with van der Waals surface area (Å²) in [5.74, 6) is -0.721. The molecule has 0 spiro atoms. The molecule has 19 heavy (non-hydrogen) atoms. The third-order valence-electron chi connectivity index (χ3n) is 3.07. The van der Waals surface area contributed by atoms with Gasteiger partial charge in [-0.3, -0.25) is 0 Å². The van der Waals surface area contributed by atoms with E-state index >= 15 is 0 Å². The van der Waals surface area contributed by atoms with E-state index in [-0.39, 0.29) is 6.03 Å². The van der Waals surface area contributed by atoms with E-state index in [2.05, 4.69) is 0 Å². The van der Waals surface area contributed by atoms with Crippen molar-refractivity contribution in [1.29, 1.82) is 0 Å². The number of carboxylic acid groups (broad SMARTS) is 1. The number of ether oxygens (including phenoxy) is 1. The first-order valence-corrected chi connectivity index (χ1v) is 6.39. The normalized spacial score (nSPS) is 11.5. The zero-order valence-corrected chi connectivity index (χ0v) is 12.8. The summed E-state index contributed by atoms with van der Waals surface area (Å²) in [6, 6.07) is -0.293. The minimum absolute atomic E-state index is 0.293. The van der Waals surface area contributed by atoms with Gasteiger partial charge in [-0.25, -0.2) is 9.59 Å². The molecule has 0 rings (SSSR count). The Hall–Kier alpha value is -1.30. The van der Waals surface area contributed by atoms with E-state index in [0.29, 0.717) is 25.6 Å². The van der Waals surface area contributed by atoms with Crippen LogP contribution in [0, 0.1) is 5.92 Å². The largest absolute Gasteiger partial charge is 0.480 e. The molecule has 0 saturated heterocycles. The van der Waals surface area contributed by atoms with Crippen molar-refractivity contribution in [2.45, 2.75) is 33.2 Å². The van der Waals surface area contributed by atoms with E-state index in [1.54, 1.807) is 12.0 Å². The van der Waals surface area contributed by atoms with Crippen LogP contribution in [0.15, 0.2) is 0 Å². The van der Waals surface area contributed by atoms with Crippen LogP contribution in [0.3, 0.4) is 0 Å². The van der Waals surface area contributed by atoms with Gasteiger partial charge in [-0.1, -0.05) is 13.8 Å². The molecule has 0 aliphatic heterocycles. The Morgan fingerprint density at radius 3 is 2.21 bits per heavy atom. The Balaban J connectivity index is 4.91. The van der Waals surface area contributed by atoms with Gasteiger partial charge in [-0.2, -0.15) is 0 Å². The number of amides is 2. The lowest BCUT2D eigenvalue weighted by Gasteiger charge is -2.36. The molecule has 0 heterocycles. The average Bonchev–Trinajstić information content (AvgIpc) is 2.31. The maximum absolute atomic E-state index is 12.4. The summed E-state index contributed by atoms with van der Waals surface area (Å²) < 4.78 is 4.99. The van der Waals surface area contributed by atoms with Crippen molar-refractivity contribution in [3.05, 3.63) is 0 Å². The molecule has 6 nitrogen and oxygen atoms in total. The number of hydrogen-bond acceptors (Lipinski definition) is 3. The van der Waals surface area contributed by atoms with Gasteiger partial charge in [-0.15, -0.1) is 0 Å². The second-order valence-electron chi connectivity index (χ2n) is 5.54. The van der Waals surface area contributed by atoms with E-state index in [9.17, 15) is 9.59 Å². The highest BCUT2D eigenvalue weighted by Gasteiger charge is 2.37. The molecule has 0 fully saturated rings. The number of hydrogen-bond donors (Lipinski definition) is 1. The third-order valence-corrected chi connectivity index (χ3v) is 3.07. The molecule has 0 aromatic heterocycles. The van der Waals surface area contributed by atoms with Gasteiger partial charge in [0.05, 0.1) is 6.61 Å². The number of nitrogens with zero attached hydrogens (tertiary/aromatic N) is 2. The van der Waals surface area contributed by atoms with Crippen molar-refractivity contribution in [3.63, 3.8) is 0 Å². The van der Waals surface area contributed by atoms with Crippen molar-refractivity contribution < 1.29 is 19.4 Å². The van der Waals surface area contributed by atoms with Crippen LogP contribution in [-0.4, -0.2) is 66.3 Å². The fraction of sp³-hybridized carbons (Fsp3) is 0.846. The topological polar surface area (TPSA) is 70.1 Å². The predicted molar refractivity (Wildman–Crippen MR) is 73.2 cm³/mol. The van der Waals surface area contributed by atoms with Crippen LogP contribution in [0.25, 0.3) is 0 Å². The standard InChI is InChI=1S/C13H26N2O4/c1-10(2)9-15(7-8-19-6)12(18)14(5)13(3,4)11(16)17/h10H,7-9H2,1-6H3,(H,16,17). The first-order chi connectivity index (χ1) is 8.64. The Morgan fingerprint density at radius 2 is 1.84 bits per heavy atom. The smallest absolute Gasteiger partial charge is 0.329 e. The van der Waals surface area contributed by atoms with E-state index in [1.807, 2.05) is 13.8 Å². The van der Waals surface area contributed by atoms with Gasteiger partial charge in [-0.05, 0) is 19.8 Å². The fourth-order valence-corrected chi connectivity index (χ4v) is 1.50. The number of methoxy groups -OCH3 is 1. The minimum Gasteiger partial charge on any atom is -0.480 e. The zero-order chi connectivity index (χ0) is 15.2. The maximum atomic E-state index is 12.4. The molecule has 0 aliphatic rings. The highest BCUT2D eigenvalue weighted by Crippen LogP contribution is 2.15. The summed E-state index contributed by atoms with van der Waals surface area (Å²) in [6.45, 7) is 8.49. The molecule has 0 atom stereocenters. The van der Waals surface area contributed by atoms with Gasteiger partial charge in [0.15, 0.2) is 0 Å². The monoisotopic (exact) mass is 274 g/mol. The molecule has 6 heteroatoms. The lowest BCUT2D eigenvalue weighted by Crippen LogP contribution is -2.56. The van der Waals surface area contributed by atoms with Crippen LogP contribution < -0.4 is 0 Å². The summed E-state index contributed by atoms with van der Waals surface area (Å²) in [7, 11) is 3.08. The zero-order valence-electron chi connectivity index (χ0n) is 12.8. The summed E-state index contributed by atoms with van der Waals surface area (Å²) in [6.07, 6.45) is 0. The predicted octanol–water partition coefficient (Wildman–Crippen LogP) is 1.51. The Kier molecular flexibility index (Phi) is 6.83. The van der Waals surface area contributed by atoms with Gasteiger partial charge in [0, 0.05) is 27.2 Å². The van der Waals surface area contributed by atoms with Gasteiger partial charge in [0.25, 0.3) is 0 Å². The number of carbonyl (C=O) groups is 2. The number of carbonyl (C=O) groups excluding carboxylic acids is 1. The molecule has 0 aromatic rings. The van der Waals surface area contributed by atoms with Crippen molar-refractivity contribution in [1.82, 2.24) is 9.80 Å². The molecule has 1 N–H and O–H groups in total. The van der Waals surface area contributed by atoms with Crippen LogP contribution in [-0.2, 0) is 9.53 Å². The van der Waals surface area contributed by atoms with Crippen molar-refractivity contribution >= 4 is 12.0 Å². The van der Waals surface area contributed by atoms with Gasteiger partial charge in [0.1, 0.15) is 5.54 Å². The van der Waals surface area contributed by atoms with E-state index in [4.69, 9.17) is 9.84 Å². The maximum Gasteiger partial charge on any atom is 0.329 e. The van der Waals surface area contributed by atoms with Crippen molar-refractivity contribution in [2.24, 2.45) is 5.92 Å². The molecule has 0 unspecified atom stereocenters. The molecule has 0 aromatic carbocycles. The first-order valence-electron chi connectivity index (χ1n) is 6.39. The van der Waals surface area contributed by atoms with E-state index in [0.717, 1.165) is 0 Å². The highest BCUT2D eigenvalue weighted by molar-refractivity contribution is 5.85. The van der Waals surface area contributed by atoms with Crippen LogP contribution in [0.1, 0.15) is 27.7 Å². The molecular formula is C13H26N2O4. The fourth-order valence-electron chi connectivity index (χ4n) is 1.50. The van der Waals surface area contributed by atoms with E-state index in [1.165, 1.54) is 25.8 Å². The van der Waals surface area contributed by atoms with Crippen LogP contribution >= 0.6 is 0 Å². The van der Waals surface area contributed by atoms with E-state index < -0.39 is 11.5 Å². The minimum atomic E-state index is -1.24. The summed E-state index contributed by atoms with van der Waals surface area (Å²) in [5, 5.41) is 9.16. The second kappa shape index (κ2) is 7.33. The number of rotatable bonds is 7. The quantitative estimate of drug-likeness (QED) is 0.764. The number of urea groups is 1.